The molecule has 144 valence electrons. The van der Waals surface area contributed by atoms with Crippen molar-refractivity contribution in [1.29, 1.82) is 0 Å². The number of nitrogens with zero attached hydrogens (tertiary/aromatic N) is 5. The van der Waals surface area contributed by atoms with Gasteiger partial charge < -0.3 is 5.11 Å². The molecule has 0 fully saturated rings. The van der Waals surface area contributed by atoms with Gasteiger partial charge in [-0.2, -0.15) is 5.10 Å². The predicted molar refractivity (Wildman–Crippen MR) is 109 cm³/mol. The summed E-state index contributed by atoms with van der Waals surface area (Å²) in [5.41, 5.74) is 6.34. The molecular formula is C22H20N6O. The molecule has 0 aliphatic carbocycles. The maximum atomic E-state index is 9.52. The van der Waals surface area contributed by atoms with Gasteiger partial charge in [0, 0.05) is 66.9 Å². The lowest BCUT2D eigenvalue weighted by Gasteiger charge is -2.28. The Labute approximate surface area is 168 Å². The van der Waals surface area contributed by atoms with E-state index in [1.165, 1.54) is 5.56 Å². The molecule has 0 spiro atoms. The van der Waals surface area contributed by atoms with Crippen LogP contribution in [0.2, 0.25) is 0 Å². The second-order valence-electron chi connectivity index (χ2n) is 7.19. The number of phenols is 1. The number of aromatic hydroxyl groups is 1. The Bertz CT molecular complexity index is 1120. The number of H-pyrrole nitrogens is 1. The third-order valence-corrected chi connectivity index (χ3v) is 5.20. The predicted octanol–water partition coefficient (Wildman–Crippen LogP) is 3.19. The molecule has 4 heterocycles. The van der Waals surface area contributed by atoms with Crippen LogP contribution >= 0.6 is 0 Å². The summed E-state index contributed by atoms with van der Waals surface area (Å²) in [7, 11) is 0. The number of phenolic OH excluding ortho intramolecular Hbond substituents is 1. The zero-order valence-electron chi connectivity index (χ0n) is 15.8. The van der Waals surface area contributed by atoms with Gasteiger partial charge in [-0.1, -0.05) is 0 Å². The van der Waals surface area contributed by atoms with Crippen LogP contribution in [0.3, 0.4) is 0 Å². The summed E-state index contributed by atoms with van der Waals surface area (Å²) >= 11 is 0. The minimum absolute atomic E-state index is 0.258. The summed E-state index contributed by atoms with van der Waals surface area (Å²) in [4.78, 5) is 15.8. The molecule has 5 rings (SSSR count). The second-order valence-corrected chi connectivity index (χ2v) is 7.19. The molecule has 2 N–H and O–H groups in total. The van der Waals surface area contributed by atoms with Crippen molar-refractivity contribution in [2.45, 2.75) is 19.5 Å². The highest BCUT2D eigenvalue weighted by atomic mass is 16.3. The molecule has 7 nitrogen and oxygen atoms in total. The van der Waals surface area contributed by atoms with Gasteiger partial charge in [-0.15, -0.1) is 0 Å². The van der Waals surface area contributed by atoms with Crippen LogP contribution in [0, 0.1) is 0 Å². The molecule has 1 aliphatic heterocycles. The number of fused-ring (bicyclic) bond motifs is 1. The fraction of sp³-hybridized carbons (Fsp3) is 0.182. The standard InChI is InChI=1S/C22H20N6O/c29-19-5-3-15(4-6-19)21-18(12-25-27-21)14-28-9-7-20-17(13-28)11-24-22(26-20)16-2-1-8-23-10-16/h1-6,8,10-12,29H,7,9,13-14H2,(H,25,27). The van der Waals surface area contributed by atoms with Crippen LogP contribution < -0.4 is 0 Å². The van der Waals surface area contributed by atoms with Gasteiger partial charge in [-0.3, -0.25) is 15.0 Å². The molecular weight excluding hydrogens is 364 g/mol. The highest BCUT2D eigenvalue weighted by molar-refractivity contribution is 5.63. The van der Waals surface area contributed by atoms with Gasteiger partial charge in [0.2, 0.25) is 0 Å². The highest BCUT2D eigenvalue weighted by Gasteiger charge is 2.20. The van der Waals surface area contributed by atoms with Crippen LogP contribution in [0.4, 0.5) is 0 Å². The Balaban J connectivity index is 1.34. The first kappa shape index (κ1) is 17.5. The van der Waals surface area contributed by atoms with Gasteiger partial charge >= 0.3 is 0 Å². The van der Waals surface area contributed by atoms with Crippen molar-refractivity contribution in [3.05, 3.63) is 78.0 Å². The summed E-state index contributed by atoms with van der Waals surface area (Å²) in [5.74, 6) is 0.989. The summed E-state index contributed by atoms with van der Waals surface area (Å²) in [6.07, 6.45) is 8.24. The molecule has 0 unspecified atom stereocenters. The van der Waals surface area contributed by atoms with Crippen molar-refractivity contribution in [3.8, 4) is 28.4 Å². The van der Waals surface area contributed by atoms with Gasteiger partial charge in [0.25, 0.3) is 0 Å². The number of aromatic amines is 1. The van der Waals surface area contributed by atoms with Crippen LogP contribution in [-0.4, -0.2) is 41.7 Å². The SMILES string of the molecule is Oc1ccc(-c2[nH]ncc2CN2CCc3nc(-c4cccnc4)ncc3C2)cc1. The smallest absolute Gasteiger partial charge is 0.160 e. The molecule has 1 aromatic carbocycles. The Kier molecular flexibility index (Phi) is 4.50. The summed E-state index contributed by atoms with van der Waals surface area (Å²) in [5, 5.41) is 16.8. The maximum absolute atomic E-state index is 9.52. The first-order valence-corrected chi connectivity index (χ1v) is 9.55. The van der Waals surface area contributed by atoms with Crippen LogP contribution in [0.5, 0.6) is 5.75 Å². The van der Waals surface area contributed by atoms with E-state index in [1.54, 1.807) is 24.5 Å². The van der Waals surface area contributed by atoms with Crippen molar-refractivity contribution >= 4 is 0 Å². The maximum Gasteiger partial charge on any atom is 0.160 e. The zero-order chi connectivity index (χ0) is 19.6. The molecule has 0 saturated heterocycles. The summed E-state index contributed by atoms with van der Waals surface area (Å²) in [6, 6.07) is 11.0. The van der Waals surface area contributed by atoms with Crippen molar-refractivity contribution in [3.63, 3.8) is 0 Å². The van der Waals surface area contributed by atoms with Gasteiger partial charge in [0.1, 0.15) is 5.75 Å². The molecule has 0 atom stereocenters. The lowest BCUT2D eigenvalue weighted by Crippen LogP contribution is -2.31. The molecule has 7 heteroatoms. The molecule has 0 bridgehead atoms. The number of nitrogens with one attached hydrogen (secondary N) is 1. The first-order chi connectivity index (χ1) is 14.3. The van der Waals surface area contributed by atoms with E-state index < -0.39 is 0 Å². The molecule has 0 amide bonds. The molecule has 0 radical (unpaired) electrons. The topological polar surface area (TPSA) is 90.8 Å². The molecule has 3 aromatic heterocycles. The lowest BCUT2D eigenvalue weighted by atomic mass is 10.0. The number of benzene rings is 1. The Morgan fingerprint density at radius 2 is 1.93 bits per heavy atom. The summed E-state index contributed by atoms with van der Waals surface area (Å²) < 4.78 is 0. The average Bonchev–Trinajstić information content (AvgIpc) is 3.22. The number of rotatable bonds is 4. The van der Waals surface area contributed by atoms with Crippen LogP contribution in [-0.2, 0) is 19.5 Å². The van der Waals surface area contributed by atoms with Gasteiger partial charge in [0.15, 0.2) is 5.82 Å². The molecule has 29 heavy (non-hydrogen) atoms. The van der Waals surface area contributed by atoms with Crippen LogP contribution in [0.25, 0.3) is 22.6 Å². The van der Waals surface area contributed by atoms with Crippen molar-refractivity contribution < 1.29 is 5.11 Å². The summed E-state index contributed by atoms with van der Waals surface area (Å²) in [6.45, 7) is 2.52. The van der Waals surface area contributed by atoms with Crippen molar-refractivity contribution in [2.75, 3.05) is 6.54 Å². The zero-order valence-corrected chi connectivity index (χ0v) is 15.8. The van der Waals surface area contributed by atoms with E-state index >= 15 is 0 Å². The molecule has 4 aromatic rings. The Hall–Kier alpha value is -3.58. The molecule has 0 saturated carbocycles. The quantitative estimate of drug-likeness (QED) is 0.562. The van der Waals surface area contributed by atoms with E-state index in [0.29, 0.717) is 0 Å². The van der Waals surface area contributed by atoms with E-state index in [1.807, 2.05) is 36.7 Å². The van der Waals surface area contributed by atoms with Crippen molar-refractivity contribution in [2.24, 2.45) is 0 Å². The number of aromatic nitrogens is 5. The minimum atomic E-state index is 0.258. The lowest BCUT2D eigenvalue weighted by molar-refractivity contribution is 0.243. The largest absolute Gasteiger partial charge is 0.508 e. The minimum Gasteiger partial charge on any atom is -0.508 e. The van der Waals surface area contributed by atoms with Gasteiger partial charge in [-0.25, -0.2) is 9.97 Å². The Morgan fingerprint density at radius 1 is 1.03 bits per heavy atom. The molecule has 1 aliphatic rings. The average molecular weight is 384 g/mol. The van der Waals surface area contributed by atoms with Crippen LogP contribution in [0.15, 0.2) is 61.2 Å². The van der Waals surface area contributed by atoms with E-state index in [4.69, 9.17) is 4.98 Å². The second kappa shape index (κ2) is 7.44. The van der Waals surface area contributed by atoms with E-state index in [9.17, 15) is 5.11 Å². The van der Waals surface area contributed by atoms with Crippen molar-refractivity contribution in [1.82, 2.24) is 30.0 Å². The van der Waals surface area contributed by atoms with E-state index in [2.05, 4.69) is 25.1 Å². The number of hydrogen-bond acceptors (Lipinski definition) is 6. The Morgan fingerprint density at radius 3 is 2.76 bits per heavy atom. The highest BCUT2D eigenvalue weighted by Crippen LogP contribution is 2.26. The fourth-order valence-corrected chi connectivity index (χ4v) is 3.69. The van der Waals surface area contributed by atoms with Gasteiger partial charge in [0.05, 0.1) is 17.6 Å². The monoisotopic (exact) mass is 384 g/mol. The van der Waals surface area contributed by atoms with Gasteiger partial charge in [-0.05, 0) is 36.4 Å². The van der Waals surface area contributed by atoms with Crippen LogP contribution in [0.1, 0.15) is 16.8 Å². The number of hydrogen-bond donors (Lipinski definition) is 2. The fourth-order valence-electron chi connectivity index (χ4n) is 3.69. The third-order valence-electron chi connectivity index (χ3n) is 5.20. The number of pyridine rings is 1. The van der Waals surface area contributed by atoms with E-state index in [-0.39, 0.29) is 5.75 Å². The third kappa shape index (κ3) is 3.60. The van der Waals surface area contributed by atoms with E-state index in [0.717, 1.165) is 60.0 Å². The first-order valence-electron chi connectivity index (χ1n) is 9.55. The normalized spacial score (nSPS) is 13.9.